The molecule has 0 saturated carbocycles. The second-order valence-electron chi connectivity index (χ2n) is 22.2. The van der Waals surface area contributed by atoms with Gasteiger partial charge in [-0.3, -0.25) is 9.59 Å². The van der Waals surface area contributed by atoms with Gasteiger partial charge in [0.1, 0.15) is 18.0 Å². The number of amides is 1. The van der Waals surface area contributed by atoms with Crippen molar-refractivity contribution in [1.29, 1.82) is 0 Å². The predicted molar refractivity (Wildman–Crippen MR) is 329 cm³/mol. The Morgan fingerprint density at radius 2 is 0.776 bits per heavy atom. The fraction of sp³-hybridized carbons (Fsp3) is 0.882. The third-order valence-corrected chi connectivity index (χ3v) is 14.4. The van der Waals surface area contributed by atoms with Gasteiger partial charge in [-0.1, -0.05) is 259 Å². The number of hydrogen-bond acceptors (Lipinski definition) is 7. The molecule has 0 aromatic rings. The van der Waals surface area contributed by atoms with Gasteiger partial charge in [-0.15, -0.1) is 0 Å². The molecular weight excluding hydrogens is 943 g/mol. The third kappa shape index (κ3) is 65.6. The molecule has 0 heterocycles. The van der Waals surface area contributed by atoms with Crippen molar-refractivity contribution in [2.75, 3.05) is 13.2 Å². The topological polar surface area (TPSA) is 108 Å². The molecule has 0 aliphatic carbocycles. The molecule has 3 atom stereocenters. The predicted octanol–water partition coefficient (Wildman–Crippen LogP) is 21.9. The molecule has 0 rings (SSSR count). The first-order valence-electron chi connectivity index (χ1n) is 33.2. The Balaban J connectivity index is -0.00000190. The first-order chi connectivity index (χ1) is 37.1. The molecule has 0 saturated heterocycles. The number of ether oxygens (including phenoxy) is 3. The van der Waals surface area contributed by atoms with Gasteiger partial charge in [0.05, 0.1) is 6.61 Å². The number of nitrogens with one attached hydrogen (secondary N) is 1. The molecule has 0 radical (unpaired) electrons. The van der Waals surface area contributed by atoms with Crippen LogP contribution in [0.15, 0.2) is 24.3 Å². The monoisotopic (exact) mass is 1070 g/mol. The fourth-order valence-electron chi connectivity index (χ4n) is 9.15. The molecule has 0 aliphatic rings. The molecule has 1 N–H and O–H groups in total. The van der Waals surface area contributed by atoms with Gasteiger partial charge in [-0.2, -0.15) is 0 Å². The Bertz CT molecular complexity index is 1260. The Hall–Kier alpha value is -2.64. The summed E-state index contributed by atoms with van der Waals surface area (Å²) in [4.78, 5) is 47.3. The number of hydrogen-bond donors (Lipinski definition) is 1. The van der Waals surface area contributed by atoms with E-state index in [4.69, 9.17) is 14.2 Å². The lowest BCUT2D eigenvalue weighted by Gasteiger charge is -2.18. The maximum atomic E-state index is 12.7. The number of ketones is 1. The Kier molecular flexibility index (Phi) is 68.0. The van der Waals surface area contributed by atoms with Crippen LogP contribution in [0, 0.1) is 5.92 Å². The summed E-state index contributed by atoms with van der Waals surface area (Å²) in [5.74, 6) is 0.631. The second kappa shape index (κ2) is 66.6. The molecule has 8 heteroatoms. The standard InChI is InChI=1S/C49H92O4.C13H25NO3.C6H14/c1-5-9-12-15-18-19-20-21-22-23-24-25-27-33-38-43-48(50)52-45-46(8-4)40-35-30-28-29-34-39-44-49(51)53-47(41-36-31-17-14-11-7-3)42-37-32-26-16-13-10-6-2;1-4-6-7-12(9-8-11(3)15)17-13(16)14-10-5-2;1-3-5-6-4-2/h18-19,21-22,46-47H,5-17,20,23-45H2,1-4H3;12H,4-10H2,1-3H3,(H,14,16);3-6H2,1-2H3/b19-18-,22-21-;;. The lowest BCUT2D eigenvalue weighted by atomic mass is 9.98. The SMILES string of the molecule is CCCCC(CCC(C)=O)OC(=O)NCCC.CCCCC/C=C\C/C=C\CCCCCCCC(=O)OCC(CC)CCCCCCCCC(=O)OC(CCCCCCCC)CCCCCCCCC.CCCCCC. The van der Waals surface area contributed by atoms with Gasteiger partial charge in [-0.25, -0.2) is 4.79 Å². The number of carbonyl (C=O) groups excluding carboxylic acids is 4. The van der Waals surface area contributed by atoms with Crippen LogP contribution in [-0.4, -0.2) is 49.2 Å². The van der Waals surface area contributed by atoms with E-state index in [1.165, 1.54) is 186 Å². The van der Waals surface area contributed by atoms with Crippen LogP contribution in [0.5, 0.6) is 0 Å². The Labute approximate surface area is 473 Å². The summed E-state index contributed by atoms with van der Waals surface area (Å²) in [7, 11) is 0. The third-order valence-electron chi connectivity index (χ3n) is 14.4. The number of esters is 2. The van der Waals surface area contributed by atoms with Gasteiger partial charge >= 0.3 is 18.0 Å². The van der Waals surface area contributed by atoms with Crippen molar-refractivity contribution < 1.29 is 33.4 Å². The highest BCUT2D eigenvalue weighted by Gasteiger charge is 2.16. The van der Waals surface area contributed by atoms with Crippen LogP contribution < -0.4 is 5.32 Å². The molecule has 76 heavy (non-hydrogen) atoms. The number of allylic oxidation sites excluding steroid dienone is 4. The van der Waals surface area contributed by atoms with E-state index >= 15 is 0 Å². The minimum atomic E-state index is -0.364. The van der Waals surface area contributed by atoms with Crippen molar-refractivity contribution in [3.05, 3.63) is 24.3 Å². The van der Waals surface area contributed by atoms with Crippen LogP contribution in [0.25, 0.3) is 0 Å². The van der Waals surface area contributed by atoms with Crippen molar-refractivity contribution in [3.63, 3.8) is 0 Å². The molecule has 0 aromatic carbocycles. The highest BCUT2D eigenvalue weighted by molar-refractivity contribution is 5.75. The lowest BCUT2D eigenvalue weighted by molar-refractivity contribution is -0.150. The van der Waals surface area contributed by atoms with Gasteiger partial charge < -0.3 is 24.3 Å². The first kappa shape index (κ1) is 77.6. The molecule has 450 valence electrons. The zero-order valence-corrected chi connectivity index (χ0v) is 52.3. The smallest absolute Gasteiger partial charge is 0.407 e. The summed E-state index contributed by atoms with van der Waals surface area (Å²) in [6.07, 6.45) is 61.7. The van der Waals surface area contributed by atoms with E-state index in [-0.39, 0.29) is 36.0 Å². The minimum absolute atomic E-state index is 0.0146. The highest BCUT2D eigenvalue weighted by atomic mass is 16.6. The van der Waals surface area contributed by atoms with Crippen molar-refractivity contribution in [3.8, 4) is 0 Å². The van der Waals surface area contributed by atoms with Crippen LogP contribution >= 0.6 is 0 Å². The van der Waals surface area contributed by atoms with E-state index in [9.17, 15) is 19.2 Å². The Morgan fingerprint density at radius 1 is 0.382 bits per heavy atom. The lowest BCUT2D eigenvalue weighted by Crippen LogP contribution is -2.29. The first-order valence-corrected chi connectivity index (χ1v) is 33.2. The average molecular weight is 1070 g/mol. The molecule has 0 aliphatic heterocycles. The van der Waals surface area contributed by atoms with Gasteiger partial charge in [0.15, 0.2) is 0 Å². The van der Waals surface area contributed by atoms with Crippen molar-refractivity contribution in [1.82, 2.24) is 5.32 Å². The summed E-state index contributed by atoms with van der Waals surface area (Å²) in [5.41, 5.74) is 0. The summed E-state index contributed by atoms with van der Waals surface area (Å²) in [6.45, 7) is 20.3. The molecule has 0 aromatic heterocycles. The molecule has 8 nitrogen and oxygen atoms in total. The van der Waals surface area contributed by atoms with Crippen LogP contribution in [0.3, 0.4) is 0 Å². The van der Waals surface area contributed by atoms with Crippen LogP contribution in [0.4, 0.5) is 4.79 Å². The van der Waals surface area contributed by atoms with E-state index in [0.29, 0.717) is 44.8 Å². The van der Waals surface area contributed by atoms with Gasteiger partial charge in [-0.05, 0) is 109 Å². The van der Waals surface area contributed by atoms with Crippen molar-refractivity contribution in [2.24, 2.45) is 5.92 Å². The molecule has 0 fully saturated rings. The zero-order valence-electron chi connectivity index (χ0n) is 52.3. The number of carbonyl (C=O) groups is 4. The van der Waals surface area contributed by atoms with E-state index < -0.39 is 0 Å². The maximum Gasteiger partial charge on any atom is 0.407 e. The fourth-order valence-corrected chi connectivity index (χ4v) is 9.15. The van der Waals surface area contributed by atoms with Crippen LogP contribution in [0.1, 0.15) is 358 Å². The van der Waals surface area contributed by atoms with Crippen molar-refractivity contribution in [2.45, 2.75) is 370 Å². The normalized spacial score (nSPS) is 12.4. The van der Waals surface area contributed by atoms with Gasteiger partial charge in [0.25, 0.3) is 0 Å². The van der Waals surface area contributed by atoms with Crippen LogP contribution in [0.2, 0.25) is 0 Å². The number of Topliss-reactive ketones (excluding diaryl/α,β-unsaturated/α-hetero) is 1. The van der Waals surface area contributed by atoms with Gasteiger partial charge in [0.2, 0.25) is 0 Å². The number of unbranched alkanes of at least 4 members (excludes halogenated alkanes) is 28. The zero-order chi connectivity index (χ0) is 56.6. The molecule has 0 spiro atoms. The largest absolute Gasteiger partial charge is 0.465 e. The maximum absolute atomic E-state index is 12.7. The van der Waals surface area contributed by atoms with E-state index in [1.54, 1.807) is 6.92 Å². The summed E-state index contributed by atoms with van der Waals surface area (Å²) in [6, 6.07) is 0. The van der Waals surface area contributed by atoms with Gasteiger partial charge in [0, 0.05) is 25.8 Å². The van der Waals surface area contributed by atoms with E-state index in [2.05, 4.69) is 78.1 Å². The van der Waals surface area contributed by atoms with Crippen LogP contribution in [-0.2, 0) is 28.6 Å². The van der Waals surface area contributed by atoms with E-state index in [1.807, 2.05) is 6.92 Å². The molecule has 1 amide bonds. The summed E-state index contributed by atoms with van der Waals surface area (Å²) < 4.78 is 17.0. The second-order valence-corrected chi connectivity index (χ2v) is 22.2. The summed E-state index contributed by atoms with van der Waals surface area (Å²) in [5, 5.41) is 2.68. The number of rotatable bonds is 54. The highest BCUT2D eigenvalue weighted by Crippen LogP contribution is 2.20. The summed E-state index contributed by atoms with van der Waals surface area (Å²) >= 11 is 0. The minimum Gasteiger partial charge on any atom is -0.465 e. The quantitative estimate of drug-likeness (QED) is 0.0280. The molecule has 3 unspecified atom stereocenters. The molecular formula is C68H131NO7. The molecule has 0 bridgehead atoms. The van der Waals surface area contributed by atoms with Crippen molar-refractivity contribution >= 4 is 23.8 Å². The average Bonchev–Trinajstić information content (AvgIpc) is 3.41. The Morgan fingerprint density at radius 3 is 1.26 bits per heavy atom. The number of alkyl carbamates (subject to hydrolysis) is 1. The van der Waals surface area contributed by atoms with E-state index in [0.717, 1.165) is 83.5 Å².